The fraction of sp³-hybridized carbons (Fsp3) is 0.455. The number of carbonyl (C=O) groups excluding carboxylic acids is 1. The first-order valence-corrected chi connectivity index (χ1v) is 5.51. The van der Waals surface area contributed by atoms with Crippen LogP contribution in [0.2, 0.25) is 0 Å². The van der Waals surface area contributed by atoms with Crippen molar-refractivity contribution in [1.29, 1.82) is 0 Å². The number of nitrogens with one attached hydrogen (secondary N) is 1. The highest BCUT2D eigenvalue weighted by atomic mass is 19.4. The molecule has 0 aliphatic rings. The Kier molecular flexibility index (Phi) is 4.96. The zero-order valence-electron chi connectivity index (χ0n) is 9.91. The van der Waals surface area contributed by atoms with E-state index in [9.17, 15) is 22.8 Å². The average Bonchev–Trinajstić information content (AvgIpc) is 2.69. The normalized spacial score (nSPS) is 11.3. The Labute approximate surface area is 107 Å². The second-order valence-corrected chi connectivity index (χ2v) is 3.89. The van der Waals surface area contributed by atoms with Crippen molar-refractivity contribution in [1.82, 2.24) is 9.88 Å². The Morgan fingerprint density at radius 2 is 2.05 bits per heavy atom. The number of halogens is 3. The Morgan fingerprint density at radius 3 is 2.63 bits per heavy atom. The van der Waals surface area contributed by atoms with Gasteiger partial charge >= 0.3 is 12.1 Å². The van der Waals surface area contributed by atoms with Gasteiger partial charge in [0.25, 0.3) is 5.91 Å². The highest BCUT2D eigenvalue weighted by molar-refractivity contribution is 5.92. The van der Waals surface area contributed by atoms with Gasteiger partial charge in [-0.2, -0.15) is 13.2 Å². The molecular weight excluding hydrogens is 265 g/mol. The molecule has 0 aliphatic heterocycles. The molecule has 0 bridgehead atoms. The van der Waals surface area contributed by atoms with Gasteiger partial charge in [-0.1, -0.05) is 0 Å². The fourth-order valence-electron chi connectivity index (χ4n) is 1.48. The monoisotopic (exact) mass is 278 g/mol. The predicted molar refractivity (Wildman–Crippen MR) is 59.7 cm³/mol. The summed E-state index contributed by atoms with van der Waals surface area (Å²) in [5.41, 5.74) is -0.104. The van der Waals surface area contributed by atoms with Crippen molar-refractivity contribution in [3.05, 3.63) is 24.0 Å². The summed E-state index contributed by atoms with van der Waals surface area (Å²) in [5.74, 6) is -1.64. The van der Waals surface area contributed by atoms with Crippen LogP contribution in [-0.2, 0) is 11.3 Å². The van der Waals surface area contributed by atoms with Crippen molar-refractivity contribution in [2.45, 2.75) is 25.6 Å². The number of aromatic nitrogens is 1. The first kappa shape index (κ1) is 15.1. The zero-order chi connectivity index (χ0) is 14.5. The third-order valence-corrected chi connectivity index (χ3v) is 2.26. The smallest absolute Gasteiger partial charge is 0.406 e. The van der Waals surface area contributed by atoms with Gasteiger partial charge in [-0.25, -0.2) is 0 Å². The number of aliphatic carboxylic acids is 1. The highest BCUT2D eigenvalue weighted by Crippen LogP contribution is 2.18. The predicted octanol–water partition coefficient (Wildman–Crippen LogP) is 1.65. The summed E-state index contributed by atoms with van der Waals surface area (Å²) in [7, 11) is 0. The van der Waals surface area contributed by atoms with Gasteiger partial charge in [-0.3, -0.25) is 9.59 Å². The third-order valence-electron chi connectivity index (χ3n) is 2.26. The van der Waals surface area contributed by atoms with E-state index in [1.54, 1.807) is 0 Å². The lowest BCUT2D eigenvalue weighted by atomic mass is 10.3. The molecule has 106 valence electrons. The van der Waals surface area contributed by atoms with Crippen LogP contribution in [0.15, 0.2) is 18.3 Å². The van der Waals surface area contributed by atoms with Crippen LogP contribution in [0.1, 0.15) is 23.3 Å². The summed E-state index contributed by atoms with van der Waals surface area (Å²) in [4.78, 5) is 21.9. The van der Waals surface area contributed by atoms with Crippen LogP contribution in [0.5, 0.6) is 0 Å². The quantitative estimate of drug-likeness (QED) is 0.777. The minimum atomic E-state index is -4.41. The minimum absolute atomic E-state index is 0.0995. The molecule has 5 nitrogen and oxygen atoms in total. The molecule has 2 N–H and O–H groups in total. The van der Waals surface area contributed by atoms with Crippen LogP contribution >= 0.6 is 0 Å². The van der Waals surface area contributed by atoms with Crippen LogP contribution in [0.3, 0.4) is 0 Å². The number of carboxylic acid groups (broad SMARTS) is 1. The van der Waals surface area contributed by atoms with Crippen molar-refractivity contribution in [3.8, 4) is 0 Å². The molecule has 0 saturated heterocycles. The minimum Gasteiger partial charge on any atom is -0.481 e. The fourth-order valence-corrected chi connectivity index (χ4v) is 1.48. The zero-order valence-corrected chi connectivity index (χ0v) is 9.91. The molecule has 1 rings (SSSR count). The largest absolute Gasteiger partial charge is 0.481 e. The Bertz CT molecular complexity index is 454. The number of amides is 1. The molecule has 1 heterocycles. The summed E-state index contributed by atoms with van der Waals surface area (Å²) in [5, 5.41) is 10.8. The number of hydrogen-bond donors (Lipinski definition) is 2. The van der Waals surface area contributed by atoms with Crippen molar-refractivity contribution in [2.75, 3.05) is 6.54 Å². The molecular formula is C11H13F3N2O3. The molecule has 0 unspecified atom stereocenters. The van der Waals surface area contributed by atoms with Crippen LogP contribution in [0.25, 0.3) is 0 Å². The summed E-state index contributed by atoms with van der Waals surface area (Å²) >= 11 is 0. The first-order valence-electron chi connectivity index (χ1n) is 5.51. The molecule has 1 amide bonds. The van der Waals surface area contributed by atoms with Crippen molar-refractivity contribution >= 4 is 11.9 Å². The number of alkyl halides is 3. The van der Waals surface area contributed by atoms with Gasteiger partial charge in [0.2, 0.25) is 0 Å². The number of carboxylic acids is 1. The second-order valence-electron chi connectivity index (χ2n) is 3.89. The number of rotatable bonds is 6. The SMILES string of the molecule is O=C(O)CCCNC(=O)c1cccn1CC(F)(F)F. The Hall–Kier alpha value is -1.99. The summed E-state index contributed by atoms with van der Waals surface area (Å²) in [6, 6.07) is 2.62. The molecule has 0 atom stereocenters. The maximum Gasteiger partial charge on any atom is 0.406 e. The lowest BCUT2D eigenvalue weighted by molar-refractivity contribution is -0.141. The maximum absolute atomic E-state index is 12.2. The molecule has 0 aromatic carbocycles. The van der Waals surface area contributed by atoms with E-state index in [0.29, 0.717) is 0 Å². The molecule has 0 fully saturated rings. The van der Waals surface area contributed by atoms with E-state index in [1.165, 1.54) is 18.3 Å². The Morgan fingerprint density at radius 1 is 1.37 bits per heavy atom. The second kappa shape index (κ2) is 6.26. The van der Waals surface area contributed by atoms with Gasteiger partial charge < -0.3 is 15.0 Å². The van der Waals surface area contributed by atoms with Crippen LogP contribution < -0.4 is 5.32 Å². The first-order chi connectivity index (χ1) is 8.79. The molecule has 0 radical (unpaired) electrons. The van der Waals surface area contributed by atoms with Crippen molar-refractivity contribution in [3.63, 3.8) is 0 Å². The number of carbonyl (C=O) groups is 2. The van der Waals surface area contributed by atoms with E-state index in [2.05, 4.69) is 5.32 Å². The van der Waals surface area contributed by atoms with Gasteiger partial charge in [0.15, 0.2) is 0 Å². The summed E-state index contributed by atoms with van der Waals surface area (Å²) in [6.45, 7) is -1.14. The molecule has 0 saturated carbocycles. The maximum atomic E-state index is 12.2. The topological polar surface area (TPSA) is 71.3 Å². The Balaban J connectivity index is 2.53. The summed E-state index contributed by atoms with van der Waals surface area (Å²) < 4.78 is 37.5. The number of hydrogen-bond acceptors (Lipinski definition) is 2. The molecule has 19 heavy (non-hydrogen) atoms. The van der Waals surface area contributed by atoms with Gasteiger partial charge in [0.05, 0.1) is 0 Å². The van der Waals surface area contributed by atoms with Crippen LogP contribution in [0, 0.1) is 0 Å². The van der Waals surface area contributed by atoms with Gasteiger partial charge in [0.1, 0.15) is 12.2 Å². The lowest BCUT2D eigenvalue weighted by Gasteiger charge is -2.11. The molecule has 1 aromatic heterocycles. The van der Waals surface area contributed by atoms with Crippen LogP contribution in [-0.4, -0.2) is 34.3 Å². The van der Waals surface area contributed by atoms with E-state index >= 15 is 0 Å². The van der Waals surface area contributed by atoms with Crippen molar-refractivity contribution < 1.29 is 27.9 Å². The standard InChI is InChI=1S/C11H13F3N2O3/c12-11(13,14)7-16-6-2-3-8(16)10(19)15-5-1-4-9(17)18/h2-3,6H,1,4-5,7H2,(H,15,19)(H,17,18). The van der Waals surface area contributed by atoms with Gasteiger partial charge in [0, 0.05) is 19.2 Å². The van der Waals surface area contributed by atoms with E-state index in [-0.39, 0.29) is 25.1 Å². The molecule has 8 heteroatoms. The lowest BCUT2D eigenvalue weighted by Crippen LogP contribution is -2.29. The van der Waals surface area contributed by atoms with E-state index < -0.39 is 24.6 Å². The molecule has 0 aliphatic carbocycles. The van der Waals surface area contributed by atoms with Gasteiger partial charge in [-0.15, -0.1) is 0 Å². The van der Waals surface area contributed by atoms with E-state index in [0.717, 1.165) is 4.57 Å². The average molecular weight is 278 g/mol. The number of nitrogens with zero attached hydrogens (tertiary/aromatic N) is 1. The van der Waals surface area contributed by atoms with E-state index in [1.807, 2.05) is 0 Å². The third kappa shape index (κ3) is 5.45. The van der Waals surface area contributed by atoms with Crippen molar-refractivity contribution in [2.24, 2.45) is 0 Å². The molecule has 0 spiro atoms. The van der Waals surface area contributed by atoms with E-state index in [4.69, 9.17) is 5.11 Å². The van der Waals surface area contributed by atoms with Gasteiger partial charge in [-0.05, 0) is 18.6 Å². The molecule has 1 aromatic rings. The van der Waals surface area contributed by atoms with Crippen LogP contribution in [0.4, 0.5) is 13.2 Å². The summed E-state index contributed by atoms with van der Waals surface area (Å²) in [6.07, 6.45) is -3.12. The highest BCUT2D eigenvalue weighted by Gasteiger charge is 2.29.